The van der Waals surface area contributed by atoms with Crippen molar-refractivity contribution in [2.24, 2.45) is 0 Å². The second kappa shape index (κ2) is 5.49. The molecule has 1 aliphatic rings. The molecule has 0 fully saturated rings. The first-order valence-corrected chi connectivity index (χ1v) is 7.60. The van der Waals surface area contributed by atoms with Gasteiger partial charge in [0, 0.05) is 17.1 Å². The molecule has 21 heavy (non-hydrogen) atoms. The highest BCUT2D eigenvalue weighted by Gasteiger charge is 2.17. The fourth-order valence-corrected chi connectivity index (χ4v) is 2.95. The molecule has 110 valence electrons. The third kappa shape index (κ3) is 2.66. The zero-order valence-electron chi connectivity index (χ0n) is 12.9. The van der Waals surface area contributed by atoms with E-state index in [1.807, 2.05) is 18.0 Å². The second-order valence-electron chi connectivity index (χ2n) is 6.17. The predicted octanol–water partition coefficient (Wildman–Crippen LogP) is 3.22. The van der Waals surface area contributed by atoms with E-state index in [1.54, 1.807) is 0 Å². The summed E-state index contributed by atoms with van der Waals surface area (Å²) >= 11 is 0. The Kier molecular flexibility index (Phi) is 3.68. The molecule has 3 nitrogen and oxygen atoms in total. The number of hydrogen-bond acceptors (Lipinski definition) is 2. The zero-order valence-corrected chi connectivity index (χ0v) is 12.9. The van der Waals surface area contributed by atoms with E-state index in [4.69, 9.17) is 0 Å². The monoisotopic (exact) mass is 282 g/mol. The Morgan fingerprint density at radius 3 is 2.62 bits per heavy atom. The van der Waals surface area contributed by atoms with Gasteiger partial charge >= 0.3 is 0 Å². The van der Waals surface area contributed by atoms with Crippen LogP contribution in [0.25, 0.3) is 10.8 Å². The van der Waals surface area contributed by atoms with Crippen LogP contribution in [-0.2, 0) is 17.6 Å². The summed E-state index contributed by atoms with van der Waals surface area (Å²) in [4.78, 5) is 14.2. The molecular formula is C18H22N2O. The lowest BCUT2D eigenvalue weighted by molar-refractivity contribution is -0.117. The van der Waals surface area contributed by atoms with Crippen LogP contribution in [0.3, 0.4) is 0 Å². The van der Waals surface area contributed by atoms with Crippen molar-refractivity contribution in [2.45, 2.75) is 32.7 Å². The topological polar surface area (TPSA) is 32.3 Å². The van der Waals surface area contributed by atoms with E-state index in [-0.39, 0.29) is 5.91 Å². The average molecular weight is 282 g/mol. The standard InChI is InChI=1S/C18H22N2O/c1-12(2)20(3)11-17(21)19-16-10-9-14-8-7-13-5-4-6-15(16)18(13)14/h4-6,9-10,12H,7-8,11H2,1-3H3,(H,19,21). The van der Waals surface area contributed by atoms with Crippen molar-refractivity contribution in [3.05, 3.63) is 41.5 Å². The zero-order chi connectivity index (χ0) is 15.0. The number of likely N-dealkylation sites (N-methyl/N-ethyl adjacent to an activating group) is 1. The number of nitrogens with one attached hydrogen (secondary N) is 1. The second-order valence-corrected chi connectivity index (χ2v) is 6.17. The van der Waals surface area contributed by atoms with E-state index in [1.165, 1.54) is 21.9 Å². The Bertz CT molecular complexity index is 681. The minimum absolute atomic E-state index is 0.0462. The molecule has 0 atom stereocenters. The van der Waals surface area contributed by atoms with Gasteiger partial charge in [-0.15, -0.1) is 0 Å². The van der Waals surface area contributed by atoms with Crippen LogP contribution in [0, 0.1) is 0 Å². The third-order valence-corrected chi connectivity index (χ3v) is 4.43. The van der Waals surface area contributed by atoms with E-state index >= 15 is 0 Å². The van der Waals surface area contributed by atoms with E-state index in [0.717, 1.165) is 18.5 Å². The summed E-state index contributed by atoms with van der Waals surface area (Å²) in [5.41, 5.74) is 3.73. The van der Waals surface area contributed by atoms with Crippen LogP contribution in [0.5, 0.6) is 0 Å². The van der Waals surface area contributed by atoms with Gasteiger partial charge in [-0.3, -0.25) is 9.69 Å². The average Bonchev–Trinajstić information content (AvgIpc) is 2.87. The van der Waals surface area contributed by atoms with Crippen molar-refractivity contribution in [1.29, 1.82) is 0 Å². The molecule has 3 rings (SSSR count). The number of hydrogen-bond donors (Lipinski definition) is 1. The molecule has 0 aromatic heterocycles. The van der Waals surface area contributed by atoms with Gasteiger partial charge in [0.15, 0.2) is 0 Å². The summed E-state index contributed by atoms with van der Waals surface area (Å²) in [5, 5.41) is 5.58. The van der Waals surface area contributed by atoms with Gasteiger partial charge in [0.05, 0.1) is 6.54 Å². The lowest BCUT2D eigenvalue weighted by Gasteiger charge is -2.20. The molecule has 0 spiro atoms. The first kappa shape index (κ1) is 14.1. The molecule has 1 amide bonds. The fourth-order valence-electron chi connectivity index (χ4n) is 2.95. The highest BCUT2D eigenvalue weighted by molar-refractivity contribution is 6.05. The van der Waals surface area contributed by atoms with Crippen LogP contribution in [0.4, 0.5) is 5.69 Å². The molecule has 0 unspecified atom stereocenters. The number of amides is 1. The fraction of sp³-hybridized carbons (Fsp3) is 0.389. The maximum atomic E-state index is 12.2. The van der Waals surface area contributed by atoms with Gasteiger partial charge < -0.3 is 5.32 Å². The Labute approximate surface area is 125 Å². The number of nitrogens with zero attached hydrogens (tertiary/aromatic N) is 1. The highest BCUT2D eigenvalue weighted by atomic mass is 16.2. The third-order valence-electron chi connectivity index (χ3n) is 4.43. The molecule has 0 heterocycles. The van der Waals surface area contributed by atoms with E-state index in [2.05, 4.69) is 43.4 Å². The van der Waals surface area contributed by atoms with Crippen molar-refractivity contribution in [2.75, 3.05) is 18.9 Å². The van der Waals surface area contributed by atoms with Crippen molar-refractivity contribution in [1.82, 2.24) is 4.90 Å². The summed E-state index contributed by atoms with van der Waals surface area (Å²) in [7, 11) is 1.97. The largest absolute Gasteiger partial charge is 0.324 e. The SMILES string of the molecule is CC(C)N(C)CC(=O)Nc1ccc2c3c(cccc13)CC2. The van der Waals surface area contributed by atoms with Crippen LogP contribution in [0.2, 0.25) is 0 Å². The van der Waals surface area contributed by atoms with Gasteiger partial charge in [0.2, 0.25) is 5.91 Å². The molecular weight excluding hydrogens is 260 g/mol. The van der Waals surface area contributed by atoms with Crippen LogP contribution < -0.4 is 5.32 Å². The molecule has 1 aliphatic carbocycles. The number of carbonyl (C=O) groups excluding carboxylic acids is 1. The Balaban J connectivity index is 1.87. The summed E-state index contributed by atoms with van der Waals surface area (Å²) in [6.07, 6.45) is 2.22. The Morgan fingerprint density at radius 2 is 1.90 bits per heavy atom. The molecule has 0 radical (unpaired) electrons. The first-order valence-electron chi connectivity index (χ1n) is 7.60. The van der Waals surface area contributed by atoms with Crippen molar-refractivity contribution < 1.29 is 4.79 Å². The summed E-state index contributed by atoms with van der Waals surface area (Å²) in [6, 6.07) is 10.9. The number of benzene rings is 2. The first-order chi connectivity index (χ1) is 10.1. The summed E-state index contributed by atoms with van der Waals surface area (Å²) < 4.78 is 0. The number of aryl methyl sites for hydroxylation is 2. The lowest BCUT2D eigenvalue weighted by Crippen LogP contribution is -2.34. The van der Waals surface area contributed by atoms with Gasteiger partial charge in [-0.1, -0.05) is 24.3 Å². The van der Waals surface area contributed by atoms with E-state index < -0.39 is 0 Å². The molecule has 2 aromatic carbocycles. The number of carbonyl (C=O) groups is 1. The lowest BCUT2D eigenvalue weighted by atomic mass is 10.0. The minimum Gasteiger partial charge on any atom is -0.324 e. The van der Waals surface area contributed by atoms with Crippen LogP contribution in [0.15, 0.2) is 30.3 Å². The van der Waals surface area contributed by atoms with Gasteiger partial charge in [-0.25, -0.2) is 0 Å². The van der Waals surface area contributed by atoms with Gasteiger partial charge in [-0.05, 0) is 56.3 Å². The van der Waals surface area contributed by atoms with Gasteiger partial charge in [-0.2, -0.15) is 0 Å². The summed E-state index contributed by atoms with van der Waals surface area (Å²) in [6.45, 7) is 4.60. The maximum absolute atomic E-state index is 12.2. The van der Waals surface area contributed by atoms with Crippen molar-refractivity contribution >= 4 is 22.4 Å². The number of rotatable bonds is 4. The predicted molar refractivity (Wildman–Crippen MR) is 87.8 cm³/mol. The highest BCUT2D eigenvalue weighted by Crippen LogP contribution is 2.34. The minimum atomic E-state index is 0.0462. The van der Waals surface area contributed by atoms with Crippen molar-refractivity contribution in [3.63, 3.8) is 0 Å². The summed E-state index contributed by atoms with van der Waals surface area (Å²) in [5.74, 6) is 0.0462. The van der Waals surface area contributed by atoms with E-state index in [9.17, 15) is 4.79 Å². The molecule has 1 N–H and O–H groups in total. The molecule has 2 aromatic rings. The Hall–Kier alpha value is -1.87. The smallest absolute Gasteiger partial charge is 0.238 e. The van der Waals surface area contributed by atoms with Crippen LogP contribution in [0.1, 0.15) is 25.0 Å². The Morgan fingerprint density at radius 1 is 1.19 bits per heavy atom. The molecule has 0 aliphatic heterocycles. The van der Waals surface area contributed by atoms with Crippen molar-refractivity contribution in [3.8, 4) is 0 Å². The molecule has 0 bridgehead atoms. The van der Waals surface area contributed by atoms with Gasteiger partial charge in [0.1, 0.15) is 0 Å². The normalized spacial score (nSPS) is 13.4. The molecule has 3 heteroatoms. The van der Waals surface area contributed by atoms with Crippen LogP contribution in [-0.4, -0.2) is 30.4 Å². The van der Waals surface area contributed by atoms with Crippen LogP contribution >= 0.6 is 0 Å². The number of anilines is 1. The maximum Gasteiger partial charge on any atom is 0.238 e. The van der Waals surface area contributed by atoms with E-state index in [0.29, 0.717) is 12.6 Å². The molecule has 0 saturated carbocycles. The quantitative estimate of drug-likeness (QED) is 0.934. The van der Waals surface area contributed by atoms with Gasteiger partial charge in [0.25, 0.3) is 0 Å². The molecule has 0 saturated heterocycles.